The van der Waals surface area contributed by atoms with Crippen molar-refractivity contribution in [3.63, 3.8) is 0 Å². The van der Waals surface area contributed by atoms with E-state index in [1.807, 2.05) is 54.9 Å². The molecule has 1 fully saturated rings. The number of likely N-dealkylation sites (N-methyl/N-ethyl adjacent to an activating group) is 1. The number of nitrogens with one attached hydrogen (secondary N) is 3. The van der Waals surface area contributed by atoms with E-state index in [4.69, 9.17) is 9.47 Å². The third kappa shape index (κ3) is 4.90. The lowest BCUT2D eigenvalue weighted by Crippen LogP contribution is -2.31. The van der Waals surface area contributed by atoms with E-state index < -0.39 is 0 Å². The van der Waals surface area contributed by atoms with E-state index in [2.05, 4.69) is 15.6 Å². The molecule has 0 saturated heterocycles. The van der Waals surface area contributed by atoms with Crippen molar-refractivity contribution in [1.29, 1.82) is 0 Å². The molecule has 2 aromatic carbocycles. The number of benzene rings is 2. The molecule has 176 valence electrons. The van der Waals surface area contributed by atoms with Gasteiger partial charge in [0.2, 0.25) is 5.91 Å². The molecular formula is C25H32N4O4. The first kappa shape index (κ1) is 22.9. The summed E-state index contributed by atoms with van der Waals surface area (Å²) in [4.78, 5) is 28.6. The maximum atomic E-state index is 12.8. The summed E-state index contributed by atoms with van der Waals surface area (Å²) < 4.78 is 13.0. The summed E-state index contributed by atoms with van der Waals surface area (Å²) in [5.41, 5.74) is 3.21. The van der Waals surface area contributed by atoms with Crippen LogP contribution in [0.15, 0.2) is 41.2 Å². The topological polar surface area (TPSA) is 97.4 Å². The summed E-state index contributed by atoms with van der Waals surface area (Å²) in [5.74, 6) is 1.38. The average Bonchev–Trinajstić information content (AvgIpc) is 3.17. The summed E-state index contributed by atoms with van der Waals surface area (Å²) in [6.45, 7) is 3.22. The Kier molecular flexibility index (Phi) is 7.03. The average molecular weight is 453 g/mol. The predicted octanol–water partition coefficient (Wildman–Crippen LogP) is 3.61. The van der Waals surface area contributed by atoms with Crippen LogP contribution in [0, 0.1) is 12.8 Å². The number of amides is 1. The van der Waals surface area contributed by atoms with Crippen LogP contribution in [0.25, 0.3) is 11.0 Å². The van der Waals surface area contributed by atoms with E-state index in [9.17, 15) is 9.59 Å². The van der Waals surface area contributed by atoms with Crippen molar-refractivity contribution in [1.82, 2.24) is 14.9 Å². The van der Waals surface area contributed by atoms with Crippen molar-refractivity contribution in [2.45, 2.75) is 38.6 Å². The number of aryl methyl sites for hydroxylation is 1. The molecule has 33 heavy (non-hydrogen) atoms. The van der Waals surface area contributed by atoms with Crippen LogP contribution >= 0.6 is 0 Å². The fourth-order valence-electron chi connectivity index (χ4n) is 4.61. The van der Waals surface area contributed by atoms with Crippen molar-refractivity contribution < 1.29 is 14.3 Å². The molecule has 4 rings (SSSR count). The van der Waals surface area contributed by atoms with Crippen LogP contribution in [-0.2, 0) is 4.79 Å². The smallest absolute Gasteiger partial charge is 0.326 e. The van der Waals surface area contributed by atoms with Gasteiger partial charge in [-0.15, -0.1) is 0 Å². The first-order valence-electron chi connectivity index (χ1n) is 11.5. The maximum Gasteiger partial charge on any atom is 0.326 e. The normalized spacial score (nSPS) is 18.3. The molecule has 1 aromatic heterocycles. The predicted molar refractivity (Wildman–Crippen MR) is 129 cm³/mol. The highest BCUT2D eigenvalue weighted by Gasteiger charge is 2.29. The van der Waals surface area contributed by atoms with Crippen LogP contribution in [0.3, 0.4) is 0 Å². The molecule has 1 heterocycles. The second kappa shape index (κ2) is 10.1. The summed E-state index contributed by atoms with van der Waals surface area (Å²) >= 11 is 0. The zero-order chi connectivity index (χ0) is 23.4. The third-order valence-corrected chi connectivity index (χ3v) is 6.43. The molecule has 1 saturated carbocycles. The monoisotopic (exact) mass is 452 g/mol. The Labute approximate surface area is 193 Å². The molecule has 0 unspecified atom stereocenters. The number of anilines is 1. The minimum absolute atomic E-state index is 0.0193. The standard InChI is InChI=1S/C25H32N4O4/c1-16-7-10-18(15-22(16)32-3)27-24(30)17-8-11-19(12-9-17)29-20-5-4-6-21(33-14-13-26-2)23(20)28-25(29)31/h4-7,10,15,17,19,26H,8-9,11-14H2,1-3H3,(H,27,30)(H,28,31). The Morgan fingerprint density at radius 3 is 2.67 bits per heavy atom. The van der Waals surface area contributed by atoms with Gasteiger partial charge in [-0.05, 0) is 63.4 Å². The fraction of sp³-hybridized carbons (Fsp3) is 0.440. The molecule has 0 radical (unpaired) electrons. The number of rotatable bonds is 8. The molecule has 1 amide bonds. The van der Waals surface area contributed by atoms with E-state index in [-0.39, 0.29) is 23.6 Å². The van der Waals surface area contributed by atoms with E-state index in [1.165, 1.54) is 0 Å². The molecule has 3 N–H and O–H groups in total. The molecule has 8 heteroatoms. The lowest BCUT2D eigenvalue weighted by atomic mass is 9.85. The van der Waals surface area contributed by atoms with Gasteiger partial charge in [-0.2, -0.15) is 0 Å². The molecule has 0 bridgehead atoms. The van der Waals surface area contributed by atoms with Gasteiger partial charge in [0.25, 0.3) is 0 Å². The van der Waals surface area contributed by atoms with Gasteiger partial charge < -0.3 is 25.1 Å². The van der Waals surface area contributed by atoms with Crippen LogP contribution in [0.1, 0.15) is 37.3 Å². The SMILES string of the molecule is CNCCOc1cccc2c1[nH]c(=O)n2C1CCC(C(=O)Nc2ccc(C)c(OC)c2)CC1. The lowest BCUT2D eigenvalue weighted by Gasteiger charge is -2.28. The van der Waals surface area contributed by atoms with Gasteiger partial charge in [0.15, 0.2) is 0 Å². The zero-order valence-corrected chi connectivity index (χ0v) is 19.4. The fourth-order valence-corrected chi connectivity index (χ4v) is 4.61. The van der Waals surface area contributed by atoms with Crippen molar-refractivity contribution in [2.24, 2.45) is 5.92 Å². The second-order valence-electron chi connectivity index (χ2n) is 8.58. The van der Waals surface area contributed by atoms with E-state index in [0.29, 0.717) is 12.4 Å². The number of hydrogen-bond acceptors (Lipinski definition) is 5. The second-order valence-corrected chi connectivity index (χ2v) is 8.58. The van der Waals surface area contributed by atoms with Gasteiger partial charge in [0.1, 0.15) is 23.6 Å². The van der Waals surface area contributed by atoms with Crippen molar-refractivity contribution in [3.8, 4) is 11.5 Å². The molecule has 0 aliphatic heterocycles. The molecule has 3 aromatic rings. The van der Waals surface area contributed by atoms with E-state index >= 15 is 0 Å². The number of hydrogen-bond donors (Lipinski definition) is 3. The van der Waals surface area contributed by atoms with Gasteiger partial charge in [-0.1, -0.05) is 12.1 Å². The molecule has 1 aliphatic rings. The highest BCUT2D eigenvalue weighted by Crippen LogP contribution is 2.35. The van der Waals surface area contributed by atoms with Gasteiger partial charge in [-0.3, -0.25) is 9.36 Å². The number of fused-ring (bicyclic) bond motifs is 1. The Hall–Kier alpha value is -3.26. The number of H-pyrrole nitrogens is 1. The lowest BCUT2D eigenvalue weighted by molar-refractivity contribution is -0.121. The van der Waals surface area contributed by atoms with Crippen molar-refractivity contribution in [2.75, 3.05) is 32.6 Å². The Bertz CT molecular complexity index is 1170. The van der Waals surface area contributed by atoms with Crippen molar-refractivity contribution in [3.05, 3.63) is 52.4 Å². The number of imidazole rings is 1. The number of carbonyl (C=O) groups is 1. The zero-order valence-electron chi connectivity index (χ0n) is 19.4. The number of carbonyl (C=O) groups excluding carboxylic acids is 1. The third-order valence-electron chi connectivity index (χ3n) is 6.43. The van der Waals surface area contributed by atoms with E-state index in [0.717, 1.165) is 60.3 Å². The van der Waals surface area contributed by atoms with Gasteiger partial charge in [0.05, 0.1) is 12.6 Å². The molecule has 8 nitrogen and oxygen atoms in total. The van der Waals surface area contributed by atoms with Crippen LogP contribution in [0.5, 0.6) is 11.5 Å². The molecular weight excluding hydrogens is 420 g/mol. The van der Waals surface area contributed by atoms with Gasteiger partial charge in [-0.25, -0.2) is 4.79 Å². The minimum Gasteiger partial charge on any atom is -0.496 e. The minimum atomic E-state index is -0.130. The van der Waals surface area contributed by atoms with Crippen LogP contribution in [0.2, 0.25) is 0 Å². The summed E-state index contributed by atoms with van der Waals surface area (Å²) in [6.07, 6.45) is 3.01. The first-order valence-corrected chi connectivity index (χ1v) is 11.5. The number of ether oxygens (including phenoxy) is 2. The largest absolute Gasteiger partial charge is 0.496 e. The Morgan fingerprint density at radius 2 is 1.94 bits per heavy atom. The van der Waals surface area contributed by atoms with Crippen LogP contribution in [-0.4, -0.2) is 42.8 Å². The van der Waals surface area contributed by atoms with Crippen molar-refractivity contribution >= 4 is 22.6 Å². The highest BCUT2D eigenvalue weighted by atomic mass is 16.5. The molecule has 0 atom stereocenters. The first-order chi connectivity index (χ1) is 16.0. The quantitative estimate of drug-likeness (QED) is 0.454. The number of methoxy groups -OCH3 is 1. The number of aromatic amines is 1. The summed E-state index contributed by atoms with van der Waals surface area (Å²) in [7, 11) is 3.50. The van der Waals surface area contributed by atoms with E-state index in [1.54, 1.807) is 7.11 Å². The summed E-state index contributed by atoms with van der Waals surface area (Å²) in [5, 5.41) is 6.07. The molecule has 0 spiro atoms. The van der Waals surface area contributed by atoms with Crippen LogP contribution < -0.4 is 25.8 Å². The molecule has 1 aliphatic carbocycles. The number of nitrogens with zero attached hydrogens (tertiary/aromatic N) is 1. The summed E-state index contributed by atoms with van der Waals surface area (Å²) in [6, 6.07) is 11.5. The van der Waals surface area contributed by atoms with Gasteiger partial charge in [0, 0.05) is 30.3 Å². The Morgan fingerprint density at radius 1 is 1.15 bits per heavy atom. The number of aromatic nitrogens is 2. The maximum absolute atomic E-state index is 12.8. The number of para-hydroxylation sites is 1. The Balaban J connectivity index is 1.43. The van der Waals surface area contributed by atoms with Crippen LogP contribution in [0.4, 0.5) is 5.69 Å². The highest BCUT2D eigenvalue weighted by molar-refractivity contribution is 5.92. The van der Waals surface area contributed by atoms with Gasteiger partial charge >= 0.3 is 5.69 Å².